The van der Waals surface area contributed by atoms with Gasteiger partial charge in [0.25, 0.3) is 0 Å². The molecule has 0 bridgehead atoms. The van der Waals surface area contributed by atoms with Crippen molar-refractivity contribution in [3.05, 3.63) is 46.6 Å². The molecule has 19 heavy (non-hydrogen) atoms. The molecule has 0 saturated carbocycles. The van der Waals surface area contributed by atoms with Gasteiger partial charge in [0.1, 0.15) is 0 Å². The molecule has 0 aliphatic heterocycles. The first-order chi connectivity index (χ1) is 9.16. The minimum Gasteiger partial charge on any atom is -0.295 e. The normalized spacial score (nSPS) is 14.7. The molecule has 1 aliphatic rings. The minimum absolute atomic E-state index is 0.0632. The van der Waals surface area contributed by atoms with E-state index in [4.69, 9.17) is 11.6 Å². The predicted molar refractivity (Wildman–Crippen MR) is 78.6 cm³/mol. The smallest absolute Gasteiger partial charge is 0.159 e. The summed E-state index contributed by atoms with van der Waals surface area (Å²) in [6, 6.07) is 5.62. The third kappa shape index (κ3) is 2.17. The Morgan fingerprint density at radius 1 is 1.37 bits per heavy atom. The van der Waals surface area contributed by atoms with Crippen LogP contribution < -0.4 is 0 Å². The van der Waals surface area contributed by atoms with Gasteiger partial charge in [-0.1, -0.05) is 17.7 Å². The van der Waals surface area contributed by atoms with Crippen molar-refractivity contribution in [3.63, 3.8) is 0 Å². The molecule has 0 spiro atoms. The van der Waals surface area contributed by atoms with Gasteiger partial charge in [0.2, 0.25) is 0 Å². The van der Waals surface area contributed by atoms with Gasteiger partial charge in [-0.2, -0.15) is 0 Å². The molecule has 1 aliphatic carbocycles. The van der Waals surface area contributed by atoms with E-state index in [9.17, 15) is 4.79 Å². The summed E-state index contributed by atoms with van der Waals surface area (Å²) in [5, 5.41) is 1.65. The van der Waals surface area contributed by atoms with Crippen LogP contribution in [0.3, 0.4) is 0 Å². The molecule has 3 heteroatoms. The van der Waals surface area contributed by atoms with Gasteiger partial charge in [0.05, 0.1) is 10.5 Å². The highest BCUT2D eigenvalue weighted by Crippen LogP contribution is 2.36. The lowest BCUT2D eigenvalue weighted by atomic mass is 9.98. The van der Waals surface area contributed by atoms with Gasteiger partial charge in [0, 0.05) is 22.7 Å². The number of rotatable bonds is 2. The third-order valence-corrected chi connectivity index (χ3v) is 3.88. The fourth-order valence-corrected chi connectivity index (χ4v) is 2.88. The Labute approximate surface area is 117 Å². The van der Waals surface area contributed by atoms with E-state index in [0.29, 0.717) is 10.6 Å². The highest BCUT2D eigenvalue weighted by molar-refractivity contribution is 6.33. The maximum absolute atomic E-state index is 11.5. The zero-order valence-corrected chi connectivity index (χ0v) is 11.5. The molecule has 0 N–H and O–H groups in total. The summed E-state index contributed by atoms with van der Waals surface area (Å²) in [6.45, 7) is 1.58. The molecule has 0 atom stereocenters. The number of aromatic nitrogens is 1. The molecular weight excluding hydrogens is 258 g/mol. The first-order valence-electron chi connectivity index (χ1n) is 6.45. The van der Waals surface area contributed by atoms with E-state index in [2.05, 4.69) is 11.1 Å². The Bertz CT molecular complexity index is 703. The lowest BCUT2D eigenvalue weighted by Crippen LogP contribution is -1.95. The zero-order valence-electron chi connectivity index (χ0n) is 10.7. The maximum atomic E-state index is 11.5. The molecule has 1 aromatic heterocycles. The molecule has 1 heterocycles. The molecule has 0 unspecified atom stereocenters. The number of benzene rings is 1. The van der Waals surface area contributed by atoms with E-state index in [1.807, 2.05) is 18.2 Å². The fraction of sp³-hybridized carbons (Fsp3) is 0.250. The second-order valence-electron chi connectivity index (χ2n) is 4.89. The molecule has 1 aromatic carbocycles. The number of ketones is 1. The minimum atomic E-state index is 0.0632. The summed E-state index contributed by atoms with van der Waals surface area (Å²) >= 11 is 6.33. The third-order valence-electron chi connectivity index (χ3n) is 3.59. The number of hydrogen-bond acceptors (Lipinski definition) is 2. The van der Waals surface area contributed by atoms with Crippen LogP contribution >= 0.6 is 11.6 Å². The van der Waals surface area contributed by atoms with Gasteiger partial charge >= 0.3 is 0 Å². The lowest BCUT2D eigenvalue weighted by molar-refractivity contribution is 0.101. The van der Waals surface area contributed by atoms with Crippen molar-refractivity contribution in [2.75, 3.05) is 0 Å². The average Bonchev–Trinajstić information content (AvgIpc) is 2.91. The highest BCUT2D eigenvalue weighted by atomic mass is 35.5. The molecule has 0 saturated heterocycles. The molecule has 0 radical (unpaired) electrons. The van der Waals surface area contributed by atoms with Gasteiger partial charge in [-0.25, -0.2) is 0 Å². The first kappa shape index (κ1) is 12.4. The molecular formula is C16H14ClNO. The van der Waals surface area contributed by atoms with Crippen molar-refractivity contribution >= 4 is 33.9 Å². The number of nitrogens with zero attached hydrogens (tertiary/aromatic N) is 1. The van der Waals surface area contributed by atoms with E-state index in [0.717, 1.165) is 29.3 Å². The quantitative estimate of drug-likeness (QED) is 0.744. The number of allylic oxidation sites excluding steroid dienone is 2. The molecule has 96 valence electrons. The van der Waals surface area contributed by atoms with Gasteiger partial charge in [-0.05, 0) is 50.0 Å². The van der Waals surface area contributed by atoms with Crippen LogP contribution in [0, 0.1) is 0 Å². The Morgan fingerprint density at radius 3 is 2.89 bits per heavy atom. The molecule has 0 amide bonds. The van der Waals surface area contributed by atoms with Crippen LogP contribution in [-0.2, 0) is 0 Å². The van der Waals surface area contributed by atoms with Crippen molar-refractivity contribution in [2.24, 2.45) is 0 Å². The van der Waals surface area contributed by atoms with Crippen molar-refractivity contribution in [1.29, 1.82) is 0 Å². The SMILES string of the molecule is CC(=O)c1ccc2ncc(Cl)c(C3=CCCC3)c2c1. The van der Waals surface area contributed by atoms with E-state index < -0.39 is 0 Å². The number of Topliss-reactive ketones (excluding diaryl/α,β-unsaturated/α-hetero) is 1. The summed E-state index contributed by atoms with van der Waals surface area (Å²) in [5.74, 6) is 0.0632. The summed E-state index contributed by atoms with van der Waals surface area (Å²) in [4.78, 5) is 15.9. The lowest BCUT2D eigenvalue weighted by Gasteiger charge is -2.10. The number of carbonyl (C=O) groups excluding carboxylic acids is 1. The van der Waals surface area contributed by atoms with Gasteiger partial charge < -0.3 is 0 Å². The predicted octanol–water partition coefficient (Wildman–Crippen LogP) is 4.66. The monoisotopic (exact) mass is 271 g/mol. The summed E-state index contributed by atoms with van der Waals surface area (Å²) in [6.07, 6.45) is 7.25. The van der Waals surface area contributed by atoms with Crippen molar-refractivity contribution in [1.82, 2.24) is 4.98 Å². The van der Waals surface area contributed by atoms with Crippen LogP contribution in [0.2, 0.25) is 5.02 Å². The van der Waals surface area contributed by atoms with Crippen LogP contribution in [0.15, 0.2) is 30.5 Å². The van der Waals surface area contributed by atoms with Crippen LogP contribution in [0.1, 0.15) is 42.1 Å². The Balaban J connectivity index is 2.31. The maximum Gasteiger partial charge on any atom is 0.159 e. The van der Waals surface area contributed by atoms with Gasteiger partial charge in [0.15, 0.2) is 5.78 Å². The standard InChI is InChI=1S/C16H14ClNO/c1-10(19)12-6-7-15-13(8-12)16(14(17)9-18-15)11-4-2-3-5-11/h4,6-9H,2-3,5H2,1H3. The van der Waals surface area contributed by atoms with Crippen LogP contribution in [0.25, 0.3) is 16.5 Å². The van der Waals surface area contributed by atoms with Crippen molar-refractivity contribution in [2.45, 2.75) is 26.2 Å². The van der Waals surface area contributed by atoms with Crippen LogP contribution in [0.4, 0.5) is 0 Å². The number of carbonyl (C=O) groups is 1. The number of halogens is 1. The molecule has 0 fully saturated rings. The largest absolute Gasteiger partial charge is 0.295 e. The number of fused-ring (bicyclic) bond motifs is 1. The van der Waals surface area contributed by atoms with E-state index in [-0.39, 0.29) is 5.78 Å². The summed E-state index contributed by atoms with van der Waals surface area (Å²) < 4.78 is 0. The molecule has 3 rings (SSSR count). The van der Waals surface area contributed by atoms with Gasteiger partial charge in [-0.3, -0.25) is 9.78 Å². The zero-order chi connectivity index (χ0) is 13.4. The Hall–Kier alpha value is -1.67. The van der Waals surface area contributed by atoms with E-state index in [1.165, 1.54) is 12.0 Å². The fourth-order valence-electron chi connectivity index (χ4n) is 2.61. The Kier molecular flexibility index (Phi) is 3.11. The van der Waals surface area contributed by atoms with Crippen molar-refractivity contribution in [3.8, 4) is 0 Å². The topological polar surface area (TPSA) is 30.0 Å². The Morgan fingerprint density at radius 2 is 2.21 bits per heavy atom. The number of pyridine rings is 1. The molecule has 2 aromatic rings. The number of hydrogen-bond donors (Lipinski definition) is 0. The van der Waals surface area contributed by atoms with Crippen molar-refractivity contribution < 1.29 is 4.79 Å². The highest BCUT2D eigenvalue weighted by Gasteiger charge is 2.15. The molecule has 2 nitrogen and oxygen atoms in total. The second-order valence-corrected chi connectivity index (χ2v) is 5.30. The first-order valence-corrected chi connectivity index (χ1v) is 6.83. The van der Waals surface area contributed by atoms with E-state index in [1.54, 1.807) is 13.1 Å². The summed E-state index contributed by atoms with van der Waals surface area (Å²) in [7, 11) is 0. The summed E-state index contributed by atoms with van der Waals surface area (Å²) in [5.41, 5.74) is 3.92. The van der Waals surface area contributed by atoms with Crippen LogP contribution in [0.5, 0.6) is 0 Å². The van der Waals surface area contributed by atoms with Gasteiger partial charge in [-0.15, -0.1) is 0 Å². The van der Waals surface area contributed by atoms with Crippen LogP contribution in [-0.4, -0.2) is 10.8 Å². The van der Waals surface area contributed by atoms with E-state index >= 15 is 0 Å². The average molecular weight is 272 g/mol. The second kappa shape index (κ2) is 4.78.